The highest BCUT2D eigenvalue weighted by Crippen LogP contribution is 2.31. The van der Waals surface area contributed by atoms with Crippen molar-refractivity contribution >= 4 is 23.0 Å². The zero-order chi connectivity index (χ0) is 13.8. The summed E-state index contributed by atoms with van der Waals surface area (Å²) in [4.78, 5) is 0. The summed E-state index contributed by atoms with van der Waals surface area (Å²) >= 11 is 5.38. The largest absolute Gasteiger partial charge is 0.493 e. The maximum absolute atomic E-state index is 5.65. The number of benzene rings is 2. The minimum Gasteiger partial charge on any atom is -0.493 e. The summed E-state index contributed by atoms with van der Waals surface area (Å²) in [6.07, 6.45) is 0.910. The number of hydrogen-bond acceptors (Lipinski definition) is 2. The molecule has 0 radical (unpaired) electrons. The summed E-state index contributed by atoms with van der Waals surface area (Å²) in [6.45, 7) is 0.711. The van der Waals surface area contributed by atoms with Gasteiger partial charge in [-0.2, -0.15) is 0 Å². The van der Waals surface area contributed by atoms with E-state index in [0.29, 0.717) is 11.7 Å². The van der Waals surface area contributed by atoms with E-state index in [9.17, 15) is 0 Å². The molecule has 2 aromatic rings. The highest BCUT2D eigenvalue weighted by atomic mass is 32.1. The van der Waals surface area contributed by atoms with Gasteiger partial charge in [-0.3, -0.25) is 0 Å². The molecule has 0 spiro atoms. The molecule has 102 valence electrons. The molecule has 1 aliphatic rings. The highest BCUT2D eigenvalue weighted by molar-refractivity contribution is 7.80. The number of anilines is 1. The third-order valence-electron chi connectivity index (χ3n) is 3.30. The molecule has 2 N–H and O–H groups in total. The van der Waals surface area contributed by atoms with Crippen LogP contribution in [0.5, 0.6) is 5.75 Å². The Morgan fingerprint density at radius 1 is 1.05 bits per heavy atom. The fraction of sp³-hybridized carbons (Fsp3) is 0.188. The van der Waals surface area contributed by atoms with E-state index in [1.165, 1.54) is 0 Å². The molecule has 1 unspecified atom stereocenters. The molecule has 4 heteroatoms. The highest BCUT2D eigenvalue weighted by Gasteiger charge is 2.21. The zero-order valence-corrected chi connectivity index (χ0v) is 11.8. The van der Waals surface area contributed by atoms with E-state index in [2.05, 4.69) is 16.7 Å². The Balaban J connectivity index is 1.68. The normalized spacial score (nSPS) is 16.7. The molecular weight excluding hydrogens is 268 g/mol. The molecule has 0 saturated carbocycles. The van der Waals surface area contributed by atoms with E-state index in [4.69, 9.17) is 17.0 Å². The van der Waals surface area contributed by atoms with Crippen molar-refractivity contribution in [1.82, 2.24) is 5.32 Å². The first-order valence-electron chi connectivity index (χ1n) is 6.67. The molecule has 3 rings (SSSR count). The molecule has 20 heavy (non-hydrogen) atoms. The second-order valence-corrected chi connectivity index (χ2v) is 5.10. The van der Waals surface area contributed by atoms with Gasteiger partial charge in [-0.1, -0.05) is 36.4 Å². The number of para-hydroxylation sites is 2. The maximum atomic E-state index is 5.65. The molecule has 1 atom stereocenters. The van der Waals surface area contributed by atoms with Crippen LogP contribution in [0.4, 0.5) is 5.69 Å². The van der Waals surface area contributed by atoms with Gasteiger partial charge in [0.15, 0.2) is 5.11 Å². The van der Waals surface area contributed by atoms with E-state index in [1.54, 1.807) is 0 Å². The van der Waals surface area contributed by atoms with Gasteiger partial charge in [-0.25, -0.2) is 0 Å². The van der Waals surface area contributed by atoms with E-state index in [1.807, 2.05) is 48.5 Å². The summed E-state index contributed by atoms with van der Waals surface area (Å²) < 4.78 is 5.65. The number of hydrogen-bond donors (Lipinski definition) is 2. The van der Waals surface area contributed by atoms with Crippen LogP contribution in [0.2, 0.25) is 0 Å². The summed E-state index contributed by atoms with van der Waals surface area (Å²) in [5, 5.41) is 7.20. The molecule has 0 bridgehead atoms. The molecule has 1 aliphatic heterocycles. The van der Waals surface area contributed by atoms with Gasteiger partial charge in [0, 0.05) is 17.7 Å². The zero-order valence-electron chi connectivity index (χ0n) is 11.0. The van der Waals surface area contributed by atoms with Crippen molar-refractivity contribution in [3.8, 4) is 5.75 Å². The Labute approximate surface area is 124 Å². The smallest absolute Gasteiger partial charge is 0.171 e. The summed E-state index contributed by atoms with van der Waals surface area (Å²) in [5.41, 5.74) is 2.15. The van der Waals surface area contributed by atoms with Crippen molar-refractivity contribution in [2.45, 2.75) is 12.5 Å². The van der Waals surface area contributed by atoms with Gasteiger partial charge >= 0.3 is 0 Å². The molecule has 0 fully saturated rings. The van der Waals surface area contributed by atoms with Crippen molar-refractivity contribution in [2.75, 3.05) is 11.9 Å². The minimum atomic E-state index is 0.198. The number of ether oxygens (including phenoxy) is 1. The van der Waals surface area contributed by atoms with E-state index < -0.39 is 0 Å². The number of fused-ring (bicyclic) bond motifs is 1. The lowest BCUT2D eigenvalue weighted by atomic mass is 10.0. The predicted molar refractivity (Wildman–Crippen MR) is 85.1 cm³/mol. The molecule has 1 heterocycles. The van der Waals surface area contributed by atoms with E-state index >= 15 is 0 Å². The van der Waals surface area contributed by atoms with Crippen LogP contribution in [0.1, 0.15) is 18.0 Å². The summed E-state index contributed by atoms with van der Waals surface area (Å²) in [6, 6.07) is 18.2. The molecule has 0 amide bonds. The Morgan fingerprint density at radius 3 is 2.65 bits per heavy atom. The predicted octanol–water partition coefficient (Wildman–Crippen LogP) is 3.50. The third-order valence-corrected chi connectivity index (χ3v) is 3.52. The Morgan fingerprint density at radius 2 is 1.80 bits per heavy atom. The van der Waals surface area contributed by atoms with Gasteiger partial charge in [-0.15, -0.1) is 0 Å². The van der Waals surface area contributed by atoms with Crippen molar-refractivity contribution in [1.29, 1.82) is 0 Å². The van der Waals surface area contributed by atoms with Crippen molar-refractivity contribution in [2.24, 2.45) is 0 Å². The number of nitrogens with one attached hydrogen (secondary N) is 2. The van der Waals surface area contributed by atoms with Gasteiger partial charge in [0.25, 0.3) is 0 Å². The van der Waals surface area contributed by atoms with Crippen LogP contribution in [-0.4, -0.2) is 11.7 Å². The average molecular weight is 284 g/mol. The quantitative estimate of drug-likeness (QED) is 0.827. The molecule has 0 aromatic heterocycles. The van der Waals surface area contributed by atoms with Crippen LogP contribution in [0.3, 0.4) is 0 Å². The monoisotopic (exact) mass is 284 g/mol. The van der Waals surface area contributed by atoms with Crippen LogP contribution < -0.4 is 15.4 Å². The lowest BCUT2D eigenvalue weighted by Crippen LogP contribution is -2.35. The van der Waals surface area contributed by atoms with Crippen molar-refractivity contribution in [3.05, 3.63) is 60.2 Å². The second-order valence-electron chi connectivity index (χ2n) is 4.69. The Hall–Kier alpha value is -2.07. The summed E-state index contributed by atoms with van der Waals surface area (Å²) in [7, 11) is 0. The fourth-order valence-corrected chi connectivity index (χ4v) is 2.60. The SMILES string of the molecule is S=C(Nc1ccccc1)NC1CCOc2ccccc21. The maximum Gasteiger partial charge on any atom is 0.171 e. The van der Waals surface area contributed by atoms with Crippen LogP contribution in [0, 0.1) is 0 Å². The molecular formula is C16H16N2OS. The van der Waals surface area contributed by atoms with E-state index in [-0.39, 0.29) is 6.04 Å². The second kappa shape index (κ2) is 5.92. The van der Waals surface area contributed by atoms with Crippen LogP contribution in [0.15, 0.2) is 54.6 Å². The Bertz CT molecular complexity index is 600. The topological polar surface area (TPSA) is 33.3 Å². The third kappa shape index (κ3) is 2.91. The van der Waals surface area contributed by atoms with Gasteiger partial charge in [0.1, 0.15) is 5.75 Å². The van der Waals surface area contributed by atoms with Crippen LogP contribution in [-0.2, 0) is 0 Å². The molecule has 0 saturated heterocycles. The van der Waals surface area contributed by atoms with Gasteiger partial charge < -0.3 is 15.4 Å². The molecule has 3 nitrogen and oxygen atoms in total. The van der Waals surface area contributed by atoms with E-state index in [0.717, 1.165) is 23.4 Å². The van der Waals surface area contributed by atoms with Crippen molar-refractivity contribution < 1.29 is 4.74 Å². The first-order valence-corrected chi connectivity index (χ1v) is 7.08. The summed E-state index contributed by atoms with van der Waals surface area (Å²) in [5.74, 6) is 0.943. The standard InChI is InChI=1S/C16H16N2OS/c20-16(17-12-6-2-1-3-7-12)18-14-10-11-19-15-9-5-4-8-13(14)15/h1-9,14H,10-11H2,(H2,17,18,20). The Kier molecular flexibility index (Phi) is 3.83. The van der Waals surface area contributed by atoms with Gasteiger partial charge in [0.05, 0.1) is 12.6 Å². The van der Waals surface area contributed by atoms with Crippen molar-refractivity contribution in [3.63, 3.8) is 0 Å². The lowest BCUT2D eigenvalue weighted by molar-refractivity contribution is 0.262. The molecule has 0 aliphatic carbocycles. The van der Waals surface area contributed by atoms with Crippen LogP contribution in [0.25, 0.3) is 0 Å². The minimum absolute atomic E-state index is 0.198. The number of thiocarbonyl (C=S) groups is 1. The molecule has 2 aromatic carbocycles. The average Bonchev–Trinajstić information content (AvgIpc) is 2.48. The number of rotatable bonds is 2. The van der Waals surface area contributed by atoms with Gasteiger partial charge in [0.2, 0.25) is 0 Å². The van der Waals surface area contributed by atoms with Gasteiger partial charge in [-0.05, 0) is 30.4 Å². The fourth-order valence-electron chi connectivity index (χ4n) is 2.34. The lowest BCUT2D eigenvalue weighted by Gasteiger charge is -2.27. The first-order chi connectivity index (χ1) is 9.83. The van der Waals surface area contributed by atoms with Crippen LogP contribution >= 0.6 is 12.2 Å². The first kappa shape index (κ1) is 12.9.